The number of aromatic amines is 1. The number of aryl methyl sites for hydroxylation is 1. The molecule has 25 heavy (non-hydrogen) atoms. The van der Waals surface area contributed by atoms with E-state index in [-0.39, 0.29) is 17.0 Å². The number of pyridine rings is 1. The lowest BCUT2D eigenvalue weighted by atomic mass is 10.1. The fraction of sp³-hybridized carbons (Fsp3) is 0.188. The summed E-state index contributed by atoms with van der Waals surface area (Å²) in [5, 5.41) is 7.55. The molecule has 9 heteroatoms. The number of nitrogens with one attached hydrogen (secondary N) is 1. The van der Waals surface area contributed by atoms with Gasteiger partial charge in [0.15, 0.2) is 5.65 Å². The van der Waals surface area contributed by atoms with E-state index in [0.29, 0.717) is 5.69 Å². The van der Waals surface area contributed by atoms with Gasteiger partial charge in [0.05, 0.1) is 11.7 Å². The van der Waals surface area contributed by atoms with Crippen LogP contribution in [0.1, 0.15) is 17.1 Å². The Morgan fingerprint density at radius 1 is 1.16 bits per heavy atom. The largest absolute Gasteiger partial charge is 0.433 e. The molecule has 0 aliphatic carbocycles. The van der Waals surface area contributed by atoms with Crippen molar-refractivity contribution in [1.29, 1.82) is 0 Å². The van der Waals surface area contributed by atoms with E-state index < -0.39 is 18.5 Å². The van der Waals surface area contributed by atoms with Crippen LogP contribution in [-0.4, -0.2) is 24.7 Å². The molecule has 0 atom stereocenters. The van der Waals surface area contributed by atoms with Gasteiger partial charge in [0.25, 0.3) is 0 Å². The number of halogens is 4. The zero-order valence-electron chi connectivity index (χ0n) is 12.9. The summed E-state index contributed by atoms with van der Waals surface area (Å²) < 4.78 is 53.7. The first-order valence-corrected chi connectivity index (χ1v) is 7.34. The summed E-state index contributed by atoms with van der Waals surface area (Å²) in [6, 6.07) is 5.47. The number of hydrogen-bond donors (Lipinski definition) is 1. The highest BCUT2D eigenvalue weighted by atomic mass is 19.4. The molecule has 0 unspecified atom stereocenters. The lowest BCUT2D eigenvalue weighted by Gasteiger charge is -2.10. The van der Waals surface area contributed by atoms with Crippen LogP contribution in [0.3, 0.4) is 0 Å². The van der Waals surface area contributed by atoms with Crippen LogP contribution >= 0.6 is 0 Å². The molecule has 1 aromatic carbocycles. The Morgan fingerprint density at radius 2 is 1.96 bits per heavy atom. The Morgan fingerprint density at radius 3 is 2.68 bits per heavy atom. The first-order chi connectivity index (χ1) is 11.9. The van der Waals surface area contributed by atoms with Gasteiger partial charge >= 0.3 is 6.18 Å². The Labute approximate surface area is 138 Å². The molecule has 0 aliphatic rings. The van der Waals surface area contributed by atoms with Crippen LogP contribution in [0, 0.1) is 6.92 Å². The molecule has 0 fully saturated rings. The number of benzene rings is 1. The predicted octanol–water partition coefficient (Wildman–Crippen LogP) is 4.09. The van der Waals surface area contributed by atoms with Gasteiger partial charge in [-0.05, 0) is 36.8 Å². The van der Waals surface area contributed by atoms with Crippen molar-refractivity contribution >= 4 is 22.1 Å². The third kappa shape index (κ3) is 2.43. The average Bonchev–Trinajstić information content (AvgIpc) is 3.16. The molecule has 0 amide bonds. The van der Waals surface area contributed by atoms with Crippen LogP contribution < -0.4 is 0 Å². The summed E-state index contributed by atoms with van der Waals surface area (Å²) in [5.41, 5.74) is 1.22. The first-order valence-electron chi connectivity index (χ1n) is 7.34. The van der Waals surface area contributed by atoms with Gasteiger partial charge in [-0.3, -0.25) is 9.67 Å². The molecule has 0 aliphatic heterocycles. The summed E-state index contributed by atoms with van der Waals surface area (Å²) in [5.74, 6) is -0.0101. The second-order valence-electron chi connectivity index (χ2n) is 5.63. The third-order valence-corrected chi connectivity index (χ3v) is 3.97. The number of fused-ring (bicyclic) bond motifs is 2. The predicted molar refractivity (Wildman–Crippen MR) is 83.1 cm³/mol. The topological polar surface area (TPSA) is 59.4 Å². The zero-order valence-corrected chi connectivity index (χ0v) is 12.9. The van der Waals surface area contributed by atoms with E-state index >= 15 is 0 Å². The van der Waals surface area contributed by atoms with E-state index in [9.17, 15) is 17.6 Å². The fourth-order valence-electron chi connectivity index (χ4n) is 2.87. The van der Waals surface area contributed by atoms with E-state index in [1.165, 1.54) is 10.6 Å². The van der Waals surface area contributed by atoms with Crippen molar-refractivity contribution in [3.05, 3.63) is 47.5 Å². The standard InChI is InChI=1S/C16H11F4N5/c1-8-4-10(5-9-7-21-24-14(8)9)25-13(6-17)22-11-2-3-12(16(18,19)20)23-15(11)25/h2-5,7H,6H2,1H3,(H,21,24). The van der Waals surface area contributed by atoms with E-state index in [1.807, 2.05) is 6.92 Å². The molecule has 1 N–H and O–H groups in total. The van der Waals surface area contributed by atoms with Crippen molar-refractivity contribution in [2.75, 3.05) is 0 Å². The molecule has 0 radical (unpaired) electrons. The maximum atomic E-state index is 13.4. The maximum absolute atomic E-state index is 13.4. The minimum absolute atomic E-state index is 0.0101. The van der Waals surface area contributed by atoms with E-state index in [4.69, 9.17) is 0 Å². The molecule has 0 saturated heterocycles. The highest BCUT2D eigenvalue weighted by molar-refractivity contribution is 5.85. The minimum Gasteiger partial charge on any atom is -0.278 e. The second kappa shape index (κ2) is 5.27. The second-order valence-corrected chi connectivity index (χ2v) is 5.63. The lowest BCUT2D eigenvalue weighted by molar-refractivity contribution is -0.141. The van der Waals surface area contributed by atoms with Gasteiger partial charge in [-0.15, -0.1) is 0 Å². The monoisotopic (exact) mass is 349 g/mol. The highest BCUT2D eigenvalue weighted by Gasteiger charge is 2.33. The van der Waals surface area contributed by atoms with Gasteiger partial charge in [-0.2, -0.15) is 18.3 Å². The number of nitrogens with zero attached hydrogens (tertiary/aromatic N) is 4. The average molecular weight is 349 g/mol. The molecule has 4 rings (SSSR count). The summed E-state index contributed by atoms with van der Waals surface area (Å²) in [4.78, 5) is 7.74. The molecule has 3 heterocycles. The molecule has 4 aromatic rings. The van der Waals surface area contributed by atoms with Gasteiger partial charge in [0.2, 0.25) is 0 Å². The van der Waals surface area contributed by atoms with Crippen LogP contribution in [0.4, 0.5) is 17.6 Å². The molecule has 0 spiro atoms. The van der Waals surface area contributed by atoms with Crippen LogP contribution in [-0.2, 0) is 12.9 Å². The summed E-state index contributed by atoms with van der Waals surface area (Å²) in [6.07, 6.45) is -3.00. The summed E-state index contributed by atoms with van der Waals surface area (Å²) in [7, 11) is 0. The minimum atomic E-state index is -4.59. The lowest BCUT2D eigenvalue weighted by Crippen LogP contribution is -2.09. The van der Waals surface area contributed by atoms with Crippen LogP contribution in [0.5, 0.6) is 0 Å². The number of imidazole rings is 1. The van der Waals surface area contributed by atoms with Crippen molar-refractivity contribution in [2.24, 2.45) is 0 Å². The van der Waals surface area contributed by atoms with Gasteiger partial charge in [0, 0.05) is 11.1 Å². The Bertz CT molecular complexity index is 1090. The maximum Gasteiger partial charge on any atom is 0.433 e. The van der Waals surface area contributed by atoms with Gasteiger partial charge in [0.1, 0.15) is 23.7 Å². The quantitative estimate of drug-likeness (QED) is 0.555. The number of hydrogen-bond acceptors (Lipinski definition) is 3. The number of H-pyrrole nitrogens is 1. The molecule has 0 saturated carbocycles. The normalized spacial score (nSPS) is 12.4. The molecular weight excluding hydrogens is 338 g/mol. The van der Waals surface area contributed by atoms with Gasteiger partial charge in [-0.1, -0.05) is 0 Å². The smallest absolute Gasteiger partial charge is 0.278 e. The SMILES string of the molecule is Cc1cc(-n2c(CF)nc3ccc(C(F)(F)F)nc32)cc2cn[nH]c12. The van der Waals surface area contributed by atoms with Crippen LogP contribution in [0.2, 0.25) is 0 Å². The van der Waals surface area contributed by atoms with Crippen molar-refractivity contribution in [3.8, 4) is 5.69 Å². The molecular formula is C16H11F4N5. The highest BCUT2D eigenvalue weighted by Crippen LogP contribution is 2.31. The number of aromatic nitrogens is 5. The fourth-order valence-corrected chi connectivity index (χ4v) is 2.87. The van der Waals surface area contributed by atoms with Crippen LogP contribution in [0.15, 0.2) is 30.5 Å². The molecule has 0 bridgehead atoms. The van der Waals surface area contributed by atoms with Gasteiger partial charge < -0.3 is 0 Å². The summed E-state index contributed by atoms with van der Waals surface area (Å²) in [6.45, 7) is 0.896. The zero-order chi connectivity index (χ0) is 17.8. The third-order valence-electron chi connectivity index (χ3n) is 3.97. The first kappa shape index (κ1) is 15.6. The summed E-state index contributed by atoms with van der Waals surface area (Å²) >= 11 is 0. The Hall–Kier alpha value is -2.97. The van der Waals surface area contributed by atoms with Crippen molar-refractivity contribution in [2.45, 2.75) is 19.8 Å². The van der Waals surface area contributed by atoms with E-state index in [0.717, 1.165) is 22.5 Å². The van der Waals surface area contributed by atoms with Crippen molar-refractivity contribution in [3.63, 3.8) is 0 Å². The molecule has 128 valence electrons. The molecule has 5 nitrogen and oxygen atoms in total. The Balaban J connectivity index is 2.03. The number of alkyl halides is 4. The van der Waals surface area contributed by atoms with Crippen molar-refractivity contribution < 1.29 is 17.6 Å². The number of rotatable bonds is 2. The van der Waals surface area contributed by atoms with Crippen molar-refractivity contribution in [1.82, 2.24) is 24.7 Å². The van der Waals surface area contributed by atoms with E-state index in [1.54, 1.807) is 18.3 Å². The van der Waals surface area contributed by atoms with E-state index in [2.05, 4.69) is 20.2 Å². The Kier molecular flexibility index (Phi) is 3.28. The van der Waals surface area contributed by atoms with Gasteiger partial charge in [-0.25, -0.2) is 14.4 Å². The van der Waals surface area contributed by atoms with Crippen LogP contribution in [0.25, 0.3) is 27.8 Å². The molecule has 3 aromatic heterocycles.